The van der Waals surface area contributed by atoms with Crippen LogP contribution in [0, 0.1) is 0 Å². The highest BCUT2D eigenvalue weighted by Crippen LogP contribution is 2.28. The quantitative estimate of drug-likeness (QED) is 0.847. The Hall–Kier alpha value is -1.17. The molecule has 98 valence electrons. The average molecular weight is 358 g/mol. The number of thiocarbonyl (C=S) groups is 1. The van der Waals surface area contributed by atoms with E-state index in [4.69, 9.17) is 34.3 Å². The lowest BCUT2D eigenvalue weighted by Gasteiger charge is -2.09. The number of nitrogens with zero attached hydrogens (tertiary/aromatic N) is 1. The first-order valence-electron chi connectivity index (χ1n) is 5.39. The van der Waals surface area contributed by atoms with Gasteiger partial charge in [-0.3, -0.25) is 4.98 Å². The summed E-state index contributed by atoms with van der Waals surface area (Å²) in [6, 6.07) is 9.08. The fourth-order valence-electron chi connectivity index (χ4n) is 1.45. The summed E-state index contributed by atoms with van der Waals surface area (Å²) in [5.74, 6) is 0.615. The lowest BCUT2D eigenvalue weighted by atomic mass is 10.2. The number of ether oxygens (including phenoxy) is 1. The first-order chi connectivity index (χ1) is 9.06. The minimum Gasteiger partial charge on any atom is -0.487 e. The van der Waals surface area contributed by atoms with Crippen molar-refractivity contribution in [1.29, 1.82) is 0 Å². The van der Waals surface area contributed by atoms with Crippen LogP contribution in [0.3, 0.4) is 0 Å². The van der Waals surface area contributed by atoms with Gasteiger partial charge in [-0.25, -0.2) is 0 Å². The van der Waals surface area contributed by atoms with Crippen molar-refractivity contribution in [3.05, 3.63) is 57.3 Å². The van der Waals surface area contributed by atoms with Gasteiger partial charge in [0.15, 0.2) is 0 Å². The molecule has 3 nitrogen and oxygen atoms in total. The molecule has 0 amide bonds. The van der Waals surface area contributed by atoms with Crippen LogP contribution in [-0.2, 0) is 6.61 Å². The first kappa shape index (κ1) is 14.2. The predicted molar refractivity (Wildman–Crippen MR) is 83.6 cm³/mol. The Morgan fingerprint density at radius 1 is 1.37 bits per heavy atom. The van der Waals surface area contributed by atoms with Crippen molar-refractivity contribution < 1.29 is 4.74 Å². The molecular weight excluding hydrogens is 348 g/mol. The number of aromatic nitrogens is 1. The fraction of sp³-hybridized carbons (Fsp3) is 0.0769. The van der Waals surface area contributed by atoms with Gasteiger partial charge >= 0.3 is 0 Å². The summed E-state index contributed by atoms with van der Waals surface area (Å²) in [5.41, 5.74) is 7.04. The molecule has 19 heavy (non-hydrogen) atoms. The second kappa shape index (κ2) is 6.32. The largest absolute Gasteiger partial charge is 0.487 e. The lowest BCUT2D eigenvalue weighted by molar-refractivity contribution is 0.306. The molecule has 0 saturated heterocycles. The Labute approximate surface area is 129 Å². The third kappa shape index (κ3) is 3.89. The molecule has 2 N–H and O–H groups in total. The van der Waals surface area contributed by atoms with E-state index in [1.54, 1.807) is 18.3 Å². The summed E-state index contributed by atoms with van der Waals surface area (Å²) in [4.78, 5) is 4.34. The SMILES string of the molecule is NC(=S)c1cc(COc2cc(Br)ccc2Cl)ccn1. The minimum atomic E-state index is 0.266. The van der Waals surface area contributed by atoms with Gasteiger partial charge in [0.2, 0.25) is 0 Å². The van der Waals surface area contributed by atoms with Gasteiger partial charge in [-0.1, -0.05) is 39.7 Å². The van der Waals surface area contributed by atoms with E-state index >= 15 is 0 Å². The van der Waals surface area contributed by atoms with E-state index in [1.807, 2.05) is 18.2 Å². The molecule has 0 atom stereocenters. The second-order valence-electron chi connectivity index (χ2n) is 3.78. The molecule has 0 saturated carbocycles. The van der Waals surface area contributed by atoms with Gasteiger partial charge in [0.05, 0.1) is 10.7 Å². The topological polar surface area (TPSA) is 48.1 Å². The third-order valence-electron chi connectivity index (χ3n) is 2.36. The summed E-state index contributed by atoms with van der Waals surface area (Å²) in [5, 5.41) is 0.562. The molecular formula is C13H10BrClN2OS. The highest BCUT2D eigenvalue weighted by molar-refractivity contribution is 9.10. The summed E-state index contributed by atoms with van der Waals surface area (Å²) in [7, 11) is 0. The van der Waals surface area contributed by atoms with E-state index in [0.29, 0.717) is 23.1 Å². The smallest absolute Gasteiger partial charge is 0.139 e. The summed E-state index contributed by atoms with van der Waals surface area (Å²) in [6.45, 7) is 0.369. The molecule has 0 aliphatic heterocycles. The lowest BCUT2D eigenvalue weighted by Crippen LogP contribution is -2.12. The molecule has 6 heteroatoms. The second-order valence-corrected chi connectivity index (χ2v) is 5.54. The van der Waals surface area contributed by atoms with Crippen LogP contribution in [0.25, 0.3) is 0 Å². The van der Waals surface area contributed by atoms with E-state index in [2.05, 4.69) is 20.9 Å². The normalized spacial score (nSPS) is 10.2. The van der Waals surface area contributed by atoms with Crippen molar-refractivity contribution in [3.63, 3.8) is 0 Å². The van der Waals surface area contributed by atoms with Crippen LogP contribution in [-0.4, -0.2) is 9.97 Å². The Kier molecular flexibility index (Phi) is 4.74. The van der Waals surface area contributed by atoms with Crippen molar-refractivity contribution in [1.82, 2.24) is 4.98 Å². The van der Waals surface area contributed by atoms with Crippen molar-refractivity contribution in [2.45, 2.75) is 6.61 Å². The average Bonchev–Trinajstić information content (AvgIpc) is 2.40. The number of nitrogens with two attached hydrogens (primary N) is 1. The monoisotopic (exact) mass is 356 g/mol. The molecule has 0 aliphatic rings. The maximum atomic E-state index is 6.05. The van der Waals surface area contributed by atoms with Gasteiger partial charge in [0.1, 0.15) is 17.3 Å². The molecule has 0 fully saturated rings. The molecule has 0 aliphatic carbocycles. The number of halogens is 2. The molecule has 0 radical (unpaired) electrons. The molecule has 0 spiro atoms. The molecule has 2 rings (SSSR count). The number of benzene rings is 1. The first-order valence-corrected chi connectivity index (χ1v) is 6.97. The van der Waals surface area contributed by atoms with Crippen molar-refractivity contribution in [2.75, 3.05) is 0 Å². The van der Waals surface area contributed by atoms with Crippen LogP contribution >= 0.6 is 39.7 Å². The van der Waals surface area contributed by atoms with Crippen molar-refractivity contribution in [3.8, 4) is 5.75 Å². The highest BCUT2D eigenvalue weighted by Gasteiger charge is 2.04. The van der Waals surface area contributed by atoms with E-state index in [0.717, 1.165) is 10.0 Å². The van der Waals surface area contributed by atoms with Gasteiger partial charge in [0, 0.05) is 10.7 Å². The van der Waals surface area contributed by atoms with Gasteiger partial charge < -0.3 is 10.5 Å². The number of rotatable bonds is 4. The van der Waals surface area contributed by atoms with Crippen LogP contribution in [0.4, 0.5) is 0 Å². The molecule has 1 heterocycles. The van der Waals surface area contributed by atoms with Gasteiger partial charge in [0.25, 0.3) is 0 Å². The summed E-state index contributed by atoms with van der Waals surface area (Å²) < 4.78 is 6.57. The number of hydrogen-bond acceptors (Lipinski definition) is 3. The van der Waals surface area contributed by atoms with E-state index < -0.39 is 0 Å². The molecule has 0 bridgehead atoms. The van der Waals surface area contributed by atoms with E-state index in [-0.39, 0.29) is 4.99 Å². The number of pyridine rings is 1. The van der Waals surface area contributed by atoms with E-state index in [1.165, 1.54) is 0 Å². The highest BCUT2D eigenvalue weighted by atomic mass is 79.9. The zero-order valence-corrected chi connectivity index (χ0v) is 12.9. The number of hydrogen-bond donors (Lipinski definition) is 1. The third-order valence-corrected chi connectivity index (χ3v) is 3.38. The van der Waals surface area contributed by atoms with Crippen molar-refractivity contribution >= 4 is 44.7 Å². The van der Waals surface area contributed by atoms with Crippen molar-refractivity contribution in [2.24, 2.45) is 5.73 Å². The predicted octanol–water partition coefficient (Wildman–Crippen LogP) is 3.71. The maximum Gasteiger partial charge on any atom is 0.139 e. The molecule has 0 unspecified atom stereocenters. The Bertz CT molecular complexity index is 621. The zero-order valence-electron chi connectivity index (χ0n) is 9.77. The van der Waals surface area contributed by atoms with Crippen LogP contribution < -0.4 is 10.5 Å². The Morgan fingerprint density at radius 3 is 2.89 bits per heavy atom. The standard InChI is InChI=1S/C13H10BrClN2OS/c14-9-1-2-10(15)12(6-9)18-7-8-3-4-17-11(5-8)13(16)19/h1-6H,7H2,(H2,16,19). The Balaban J connectivity index is 2.12. The van der Waals surface area contributed by atoms with Gasteiger partial charge in [-0.15, -0.1) is 0 Å². The molecule has 1 aromatic carbocycles. The fourth-order valence-corrected chi connectivity index (χ4v) is 2.07. The Morgan fingerprint density at radius 2 is 2.16 bits per heavy atom. The minimum absolute atomic E-state index is 0.266. The molecule has 1 aromatic heterocycles. The van der Waals surface area contributed by atoms with E-state index in [9.17, 15) is 0 Å². The maximum absolute atomic E-state index is 6.05. The van der Waals surface area contributed by atoms with Crippen LogP contribution in [0.15, 0.2) is 41.0 Å². The van der Waals surface area contributed by atoms with Gasteiger partial charge in [-0.2, -0.15) is 0 Å². The zero-order chi connectivity index (χ0) is 13.8. The van der Waals surface area contributed by atoms with Crippen LogP contribution in [0.5, 0.6) is 5.75 Å². The van der Waals surface area contributed by atoms with Gasteiger partial charge in [-0.05, 0) is 35.9 Å². The molecule has 2 aromatic rings. The summed E-state index contributed by atoms with van der Waals surface area (Å²) >= 11 is 14.3. The van der Waals surface area contributed by atoms with Crippen LogP contribution in [0.1, 0.15) is 11.3 Å². The van der Waals surface area contributed by atoms with Crippen LogP contribution in [0.2, 0.25) is 5.02 Å². The summed E-state index contributed by atoms with van der Waals surface area (Å²) in [6.07, 6.45) is 1.65.